The van der Waals surface area contributed by atoms with Gasteiger partial charge in [-0.05, 0) is 47.0 Å². The standard InChI is InChI=1S/C44H32N4/c1-44(2)36-22-12-9-19-33(36)39-35-21-11-14-24-38(35)48(40(39)34-20-10-13-23-37(34)44)32-27-25-31(26-28-32)43-46-41(29-15-5-3-6-16-29)45-42(47-43)30-17-7-4-8-18-30/h3-28H,1-2H3. The summed E-state index contributed by atoms with van der Waals surface area (Å²) in [6.07, 6.45) is 0. The average molecular weight is 617 g/mol. The van der Waals surface area contributed by atoms with E-state index in [2.05, 4.69) is 115 Å². The first-order valence-electron chi connectivity index (χ1n) is 16.4. The summed E-state index contributed by atoms with van der Waals surface area (Å²) in [5.41, 5.74) is 12.6. The molecule has 0 saturated heterocycles. The van der Waals surface area contributed by atoms with Crippen LogP contribution in [0, 0.1) is 0 Å². The van der Waals surface area contributed by atoms with Crippen molar-refractivity contribution in [2.24, 2.45) is 0 Å². The highest BCUT2D eigenvalue weighted by atomic mass is 15.0. The summed E-state index contributed by atoms with van der Waals surface area (Å²) in [5.74, 6) is 1.96. The molecule has 0 N–H and O–H groups in total. The molecule has 1 aliphatic carbocycles. The maximum Gasteiger partial charge on any atom is 0.164 e. The first kappa shape index (κ1) is 28.1. The third-order valence-electron chi connectivity index (χ3n) is 9.68. The molecule has 1 aliphatic rings. The Balaban J connectivity index is 1.25. The lowest BCUT2D eigenvalue weighted by molar-refractivity contribution is 0.646. The van der Waals surface area contributed by atoms with E-state index in [9.17, 15) is 0 Å². The molecule has 8 aromatic rings. The van der Waals surface area contributed by atoms with Crippen LogP contribution < -0.4 is 0 Å². The Morgan fingerprint density at radius 3 is 1.50 bits per heavy atom. The fraction of sp³-hybridized carbons (Fsp3) is 0.0682. The van der Waals surface area contributed by atoms with Gasteiger partial charge in [0.2, 0.25) is 0 Å². The van der Waals surface area contributed by atoms with Gasteiger partial charge in [-0.2, -0.15) is 0 Å². The smallest absolute Gasteiger partial charge is 0.164 e. The molecule has 228 valence electrons. The Morgan fingerprint density at radius 2 is 0.896 bits per heavy atom. The predicted octanol–water partition coefficient (Wildman–Crippen LogP) is 10.8. The third kappa shape index (κ3) is 4.41. The van der Waals surface area contributed by atoms with Gasteiger partial charge in [0.15, 0.2) is 17.5 Å². The molecular formula is C44H32N4. The molecule has 2 heterocycles. The van der Waals surface area contributed by atoms with Crippen LogP contribution in [0.3, 0.4) is 0 Å². The molecule has 0 bridgehead atoms. The van der Waals surface area contributed by atoms with E-state index in [0.29, 0.717) is 17.5 Å². The normalized spacial score (nSPS) is 13.0. The second kappa shape index (κ2) is 11.0. The van der Waals surface area contributed by atoms with E-state index in [4.69, 9.17) is 15.0 Å². The molecule has 0 unspecified atom stereocenters. The lowest BCUT2D eigenvalue weighted by atomic mass is 9.75. The van der Waals surface area contributed by atoms with Gasteiger partial charge in [-0.1, -0.05) is 141 Å². The molecular weight excluding hydrogens is 585 g/mol. The largest absolute Gasteiger partial charge is 0.309 e. The lowest BCUT2D eigenvalue weighted by Gasteiger charge is -2.28. The first-order valence-corrected chi connectivity index (χ1v) is 16.4. The highest BCUT2D eigenvalue weighted by Gasteiger charge is 2.35. The summed E-state index contributed by atoms with van der Waals surface area (Å²) in [5, 5.41) is 1.24. The lowest BCUT2D eigenvalue weighted by Crippen LogP contribution is -2.20. The maximum atomic E-state index is 4.97. The molecule has 48 heavy (non-hydrogen) atoms. The topological polar surface area (TPSA) is 43.6 Å². The number of hydrogen-bond donors (Lipinski definition) is 0. The van der Waals surface area contributed by atoms with Crippen molar-refractivity contribution in [3.05, 3.63) is 169 Å². The summed E-state index contributed by atoms with van der Waals surface area (Å²) in [4.78, 5) is 14.8. The summed E-state index contributed by atoms with van der Waals surface area (Å²) in [7, 11) is 0. The van der Waals surface area contributed by atoms with Crippen LogP contribution in [0.4, 0.5) is 0 Å². The SMILES string of the molecule is CC1(C)c2ccccc2-c2c(n(-c3ccc(-c4nc(-c5ccccc5)nc(-c5ccccc5)n4)cc3)c3ccccc23)-c2ccccc21. The third-order valence-corrected chi connectivity index (χ3v) is 9.68. The Kier molecular flexibility index (Phi) is 6.44. The van der Waals surface area contributed by atoms with Crippen LogP contribution in [0.5, 0.6) is 0 Å². The maximum absolute atomic E-state index is 4.97. The van der Waals surface area contributed by atoms with Gasteiger partial charge >= 0.3 is 0 Å². The number of benzene rings is 6. The Hall–Kier alpha value is -6.13. The molecule has 4 heteroatoms. The van der Waals surface area contributed by atoms with E-state index < -0.39 is 0 Å². The number of fused-ring (bicyclic) bond motifs is 7. The highest BCUT2D eigenvalue weighted by Crippen LogP contribution is 2.52. The predicted molar refractivity (Wildman–Crippen MR) is 196 cm³/mol. The molecule has 0 amide bonds. The zero-order valence-corrected chi connectivity index (χ0v) is 26.8. The van der Waals surface area contributed by atoms with Gasteiger partial charge in [0.05, 0.1) is 11.2 Å². The number of nitrogens with zero attached hydrogens (tertiary/aromatic N) is 4. The molecule has 0 atom stereocenters. The van der Waals surface area contributed by atoms with Crippen LogP contribution in [-0.2, 0) is 5.41 Å². The molecule has 0 radical (unpaired) electrons. The molecule has 0 fully saturated rings. The zero-order chi connectivity index (χ0) is 32.2. The number of hydrogen-bond acceptors (Lipinski definition) is 3. The van der Waals surface area contributed by atoms with Crippen molar-refractivity contribution in [3.63, 3.8) is 0 Å². The number of para-hydroxylation sites is 1. The zero-order valence-electron chi connectivity index (χ0n) is 26.8. The van der Waals surface area contributed by atoms with Crippen molar-refractivity contribution in [1.82, 2.24) is 19.5 Å². The molecule has 0 spiro atoms. The van der Waals surface area contributed by atoms with Gasteiger partial charge in [-0.3, -0.25) is 0 Å². The minimum Gasteiger partial charge on any atom is -0.309 e. The minimum atomic E-state index is -0.173. The molecule has 4 nitrogen and oxygen atoms in total. The summed E-state index contributed by atoms with van der Waals surface area (Å²) in [6.45, 7) is 4.69. The van der Waals surface area contributed by atoms with Gasteiger partial charge in [0, 0.05) is 44.3 Å². The average Bonchev–Trinajstić information content (AvgIpc) is 3.46. The fourth-order valence-corrected chi connectivity index (χ4v) is 7.36. The number of aromatic nitrogens is 4. The summed E-state index contributed by atoms with van der Waals surface area (Å²) >= 11 is 0. The van der Waals surface area contributed by atoms with Crippen LogP contribution in [0.25, 0.3) is 73.1 Å². The van der Waals surface area contributed by atoms with Crippen molar-refractivity contribution in [2.75, 3.05) is 0 Å². The highest BCUT2D eigenvalue weighted by molar-refractivity contribution is 6.08. The Labute approximate surface area is 280 Å². The van der Waals surface area contributed by atoms with Crippen LogP contribution in [0.15, 0.2) is 158 Å². The number of rotatable bonds is 4. The second-order valence-corrected chi connectivity index (χ2v) is 12.9. The molecule has 2 aromatic heterocycles. The molecule has 0 aliphatic heterocycles. The van der Waals surface area contributed by atoms with Crippen LogP contribution in [0.1, 0.15) is 25.0 Å². The van der Waals surface area contributed by atoms with Crippen LogP contribution in [0.2, 0.25) is 0 Å². The van der Waals surface area contributed by atoms with E-state index in [1.165, 1.54) is 44.4 Å². The van der Waals surface area contributed by atoms with Crippen molar-refractivity contribution in [2.45, 2.75) is 19.3 Å². The molecule has 0 saturated carbocycles. The van der Waals surface area contributed by atoms with Crippen LogP contribution >= 0.6 is 0 Å². The van der Waals surface area contributed by atoms with Crippen molar-refractivity contribution >= 4 is 10.9 Å². The Morgan fingerprint density at radius 1 is 0.438 bits per heavy atom. The molecule has 9 rings (SSSR count). The second-order valence-electron chi connectivity index (χ2n) is 12.9. The first-order chi connectivity index (χ1) is 23.6. The van der Waals surface area contributed by atoms with Crippen molar-refractivity contribution in [1.29, 1.82) is 0 Å². The monoisotopic (exact) mass is 616 g/mol. The van der Waals surface area contributed by atoms with Gasteiger partial charge in [0.1, 0.15) is 0 Å². The van der Waals surface area contributed by atoms with Crippen molar-refractivity contribution in [3.8, 4) is 62.2 Å². The van der Waals surface area contributed by atoms with E-state index in [1.807, 2.05) is 60.7 Å². The van der Waals surface area contributed by atoms with Gasteiger partial charge in [0.25, 0.3) is 0 Å². The fourth-order valence-electron chi connectivity index (χ4n) is 7.36. The van der Waals surface area contributed by atoms with Crippen molar-refractivity contribution < 1.29 is 0 Å². The van der Waals surface area contributed by atoms with Gasteiger partial charge in [-0.15, -0.1) is 0 Å². The summed E-state index contributed by atoms with van der Waals surface area (Å²) in [6, 6.07) is 55.5. The molecule has 6 aromatic carbocycles. The Bertz CT molecular complexity index is 2400. The van der Waals surface area contributed by atoms with E-state index >= 15 is 0 Å². The van der Waals surface area contributed by atoms with E-state index in [-0.39, 0.29) is 5.41 Å². The van der Waals surface area contributed by atoms with Gasteiger partial charge < -0.3 is 4.57 Å². The van der Waals surface area contributed by atoms with E-state index in [1.54, 1.807) is 0 Å². The van der Waals surface area contributed by atoms with Gasteiger partial charge in [-0.25, -0.2) is 15.0 Å². The van der Waals surface area contributed by atoms with Crippen LogP contribution in [-0.4, -0.2) is 19.5 Å². The van der Waals surface area contributed by atoms with E-state index in [0.717, 1.165) is 22.4 Å². The summed E-state index contributed by atoms with van der Waals surface area (Å²) < 4.78 is 2.43. The minimum absolute atomic E-state index is 0.173. The quantitative estimate of drug-likeness (QED) is 0.198.